The van der Waals surface area contributed by atoms with Crippen LogP contribution in [0.25, 0.3) is 6.08 Å². The first-order valence-corrected chi connectivity index (χ1v) is 12.7. The van der Waals surface area contributed by atoms with Crippen molar-refractivity contribution < 1.29 is 14.3 Å². The molecule has 0 bridgehead atoms. The average Bonchev–Trinajstić information content (AvgIpc) is 3.12. The maximum Gasteiger partial charge on any atom is 0.338 e. The van der Waals surface area contributed by atoms with Crippen molar-refractivity contribution in [1.82, 2.24) is 4.57 Å². The number of esters is 1. The van der Waals surface area contributed by atoms with Gasteiger partial charge in [0.25, 0.3) is 5.56 Å². The molecule has 3 aromatic rings. The number of carbonyl (C=O) groups excluding carboxylic acids is 1. The highest BCUT2D eigenvalue weighted by molar-refractivity contribution is 7.07. The second kappa shape index (κ2) is 10.6. The highest BCUT2D eigenvalue weighted by Gasteiger charge is 2.34. The molecule has 0 aliphatic carbocycles. The molecule has 1 aromatic heterocycles. The molecule has 6 nitrogen and oxygen atoms in total. The number of hydrogen-bond donors (Lipinski definition) is 0. The molecule has 1 aliphatic heterocycles. The smallest absolute Gasteiger partial charge is 0.338 e. The average molecular weight is 511 g/mol. The normalized spacial score (nSPS) is 15.7. The Morgan fingerprint density at radius 2 is 1.91 bits per heavy atom. The fourth-order valence-electron chi connectivity index (χ4n) is 3.91. The highest BCUT2D eigenvalue weighted by Crippen LogP contribution is 2.34. The molecular formula is C27H27ClN2O4S. The molecule has 35 heavy (non-hydrogen) atoms. The molecular weight excluding hydrogens is 484 g/mol. The molecule has 0 N–H and O–H groups in total. The van der Waals surface area contributed by atoms with Crippen LogP contribution in [-0.2, 0) is 9.53 Å². The SMILES string of the molecule is CCOC(=O)C1=C(C)N=c2s/c(=C\c3ccccc3OCC(C)C)c(=O)n2[C@H]1c1ccccc1Cl. The van der Waals surface area contributed by atoms with E-state index in [1.807, 2.05) is 48.5 Å². The number of para-hydroxylation sites is 1. The van der Waals surface area contributed by atoms with E-state index in [0.717, 1.165) is 5.56 Å². The van der Waals surface area contributed by atoms with E-state index in [1.165, 1.54) is 15.9 Å². The van der Waals surface area contributed by atoms with Gasteiger partial charge in [-0.3, -0.25) is 9.36 Å². The topological polar surface area (TPSA) is 69.9 Å². The standard InChI is InChI=1S/C27H27ClN2O4S/c1-5-33-26(32)23-17(4)29-27-30(24(23)19-11-7-8-12-20(19)28)25(31)22(35-27)14-18-10-6-9-13-21(18)34-15-16(2)3/h6-14,16,24H,5,15H2,1-4H3/b22-14-/t24-/m0/s1. The summed E-state index contributed by atoms with van der Waals surface area (Å²) >= 11 is 7.82. The highest BCUT2D eigenvalue weighted by atomic mass is 35.5. The summed E-state index contributed by atoms with van der Waals surface area (Å²) in [6.07, 6.45) is 1.81. The maximum absolute atomic E-state index is 13.7. The summed E-state index contributed by atoms with van der Waals surface area (Å²) in [5, 5.41) is 0.455. The first-order valence-electron chi connectivity index (χ1n) is 11.5. The summed E-state index contributed by atoms with van der Waals surface area (Å²) in [5.74, 6) is 0.562. The Bertz CT molecular complexity index is 1470. The van der Waals surface area contributed by atoms with Gasteiger partial charge < -0.3 is 9.47 Å². The van der Waals surface area contributed by atoms with Gasteiger partial charge in [0, 0.05) is 10.6 Å². The van der Waals surface area contributed by atoms with Gasteiger partial charge in [-0.1, -0.05) is 73.2 Å². The van der Waals surface area contributed by atoms with Gasteiger partial charge in [0.2, 0.25) is 0 Å². The lowest BCUT2D eigenvalue weighted by molar-refractivity contribution is -0.139. The molecule has 0 fully saturated rings. The van der Waals surface area contributed by atoms with Gasteiger partial charge in [0.05, 0.1) is 29.0 Å². The number of nitrogens with zero attached hydrogens (tertiary/aromatic N) is 2. The lowest BCUT2D eigenvalue weighted by atomic mass is 9.96. The fraction of sp³-hybridized carbons (Fsp3) is 0.296. The maximum atomic E-state index is 13.7. The molecule has 2 aromatic carbocycles. The van der Waals surface area contributed by atoms with E-state index < -0.39 is 12.0 Å². The number of halogens is 1. The van der Waals surface area contributed by atoms with E-state index in [4.69, 9.17) is 21.1 Å². The van der Waals surface area contributed by atoms with Crippen molar-refractivity contribution in [3.63, 3.8) is 0 Å². The predicted octanol–water partition coefficient (Wildman–Crippen LogP) is 4.49. The number of allylic oxidation sites excluding steroid dienone is 1. The van der Waals surface area contributed by atoms with Gasteiger partial charge in [0.1, 0.15) is 11.8 Å². The Labute approximate surface area is 212 Å². The third kappa shape index (κ3) is 5.11. The summed E-state index contributed by atoms with van der Waals surface area (Å²) in [5.41, 5.74) is 1.99. The van der Waals surface area contributed by atoms with E-state index in [1.54, 1.807) is 19.9 Å². The molecule has 0 unspecified atom stereocenters. The molecule has 0 spiro atoms. The van der Waals surface area contributed by atoms with Crippen LogP contribution in [0.15, 0.2) is 69.6 Å². The molecule has 1 atom stereocenters. The van der Waals surface area contributed by atoms with E-state index in [2.05, 4.69) is 18.8 Å². The molecule has 8 heteroatoms. The van der Waals surface area contributed by atoms with Crippen LogP contribution >= 0.6 is 22.9 Å². The third-order valence-electron chi connectivity index (χ3n) is 5.49. The summed E-state index contributed by atoms with van der Waals surface area (Å²) in [7, 11) is 0. The Morgan fingerprint density at radius 3 is 2.63 bits per heavy atom. The Balaban J connectivity index is 1.92. The zero-order valence-corrected chi connectivity index (χ0v) is 21.7. The van der Waals surface area contributed by atoms with Gasteiger partial charge in [-0.15, -0.1) is 0 Å². The number of thiazole rings is 1. The summed E-state index contributed by atoms with van der Waals surface area (Å²) in [6.45, 7) is 8.44. The zero-order chi connectivity index (χ0) is 25.1. The Kier molecular flexibility index (Phi) is 7.57. The predicted molar refractivity (Wildman–Crippen MR) is 139 cm³/mol. The molecule has 1 aliphatic rings. The fourth-order valence-corrected chi connectivity index (χ4v) is 5.19. The first kappa shape index (κ1) is 24.9. The van der Waals surface area contributed by atoms with Crippen molar-refractivity contribution in [2.75, 3.05) is 13.2 Å². The Hall–Kier alpha value is -3.16. The minimum atomic E-state index is -0.742. The summed E-state index contributed by atoms with van der Waals surface area (Å²) < 4.78 is 13.3. The van der Waals surface area contributed by atoms with E-state index in [-0.39, 0.29) is 12.2 Å². The van der Waals surface area contributed by atoms with Crippen LogP contribution < -0.4 is 19.6 Å². The van der Waals surface area contributed by atoms with Crippen LogP contribution in [0, 0.1) is 5.92 Å². The quantitative estimate of drug-likeness (QED) is 0.439. The molecule has 4 rings (SSSR count). The molecule has 0 saturated carbocycles. The minimum absolute atomic E-state index is 0.211. The molecule has 2 heterocycles. The molecule has 0 saturated heterocycles. The monoisotopic (exact) mass is 510 g/mol. The number of carbonyl (C=O) groups is 1. The number of rotatable bonds is 7. The molecule has 182 valence electrons. The summed E-state index contributed by atoms with van der Waals surface area (Å²) in [6, 6.07) is 14.1. The van der Waals surface area contributed by atoms with Crippen LogP contribution in [0.2, 0.25) is 5.02 Å². The van der Waals surface area contributed by atoms with E-state index in [0.29, 0.717) is 49.5 Å². The van der Waals surface area contributed by atoms with Gasteiger partial charge in [-0.05, 0) is 43.5 Å². The number of ether oxygens (including phenoxy) is 2. The second-order valence-corrected chi connectivity index (χ2v) is 9.98. The number of aromatic nitrogens is 1. The van der Waals surface area contributed by atoms with Crippen LogP contribution in [0.4, 0.5) is 0 Å². The number of benzene rings is 2. The van der Waals surface area contributed by atoms with Gasteiger partial charge in [0.15, 0.2) is 4.80 Å². The lowest BCUT2D eigenvalue weighted by Gasteiger charge is -2.25. The lowest BCUT2D eigenvalue weighted by Crippen LogP contribution is -2.40. The number of hydrogen-bond acceptors (Lipinski definition) is 6. The van der Waals surface area contributed by atoms with Gasteiger partial charge in [-0.2, -0.15) is 0 Å². The summed E-state index contributed by atoms with van der Waals surface area (Å²) in [4.78, 5) is 31.8. The van der Waals surface area contributed by atoms with Crippen LogP contribution in [0.3, 0.4) is 0 Å². The Morgan fingerprint density at radius 1 is 1.20 bits per heavy atom. The van der Waals surface area contributed by atoms with E-state index >= 15 is 0 Å². The largest absolute Gasteiger partial charge is 0.493 e. The van der Waals surface area contributed by atoms with Crippen molar-refractivity contribution in [3.05, 3.63) is 95.6 Å². The third-order valence-corrected chi connectivity index (χ3v) is 6.82. The van der Waals surface area contributed by atoms with Crippen LogP contribution in [0.5, 0.6) is 5.75 Å². The molecule has 0 radical (unpaired) electrons. The van der Waals surface area contributed by atoms with Crippen molar-refractivity contribution >= 4 is 35.0 Å². The molecule has 0 amide bonds. The van der Waals surface area contributed by atoms with Crippen LogP contribution in [-0.4, -0.2) is 23.8 Å². The minimum Gasteiger partial charge on any atom is -0.493 e. The second-order valence-electron chi connectivity index (χ2n) is 8.57. The van der Waals surface area contributed by atoms with Crippen molar-refractivity contribution in [1.29, 1.82) is 0 Å². The number of fused-ring (bicyclic) bond motifs is 1. The van der Waals surface area contributed by atoms with E-state index in [9.17, 15) is 9.59 Å². The van der Waals surface area contributed by atoms with Crippen molar-refractivity contribution in [2.45, 2.75) is 33.7 Å². The van der Waals surface area contributed by atoms with Crippen LogP contribution in [0.1, 0.15) is 44.9 Å². The zero-order valence-electron chi connectivity index (χ0n) is 20.1. The van der Waals surface area contributed by atoms with Crippen molar-refractivity contribution in [2.24, 2.45) is 10.9 Å². The first-order chi connectivity index (χ1) is 16.8. The van der Waals surface area contributed by atoms with Gasteiger partial charge in [-0.25, -0.2) is 9.79 Å². The van der Waals surface area contributed by atoms with Crippen molar-refractivity contribution in [3.8, 4) is 5.75 Å². The van der Waals surface area contributed by atoms with Gasteiger partial charge >= 0.3 is 5.97 Å².